The van der Waals surface area contributed by atoms with Gasteiger partial charge in [-0.3, -0.25) is 0 Å². The minimum atomic E-state index is -2.16. The van der Waals surface area contributed by atoms with Gasteiger partial charge in [-0.2, -0.15) is 0 Å². The van der Waals surface area contributed by atoms with Gasteiger partial charge < -0.3 is 18.4 Å². The molecule has 4 rings (SSSR count). The molecule has 0 spiro atoms. The van der Waals surface area contributed by atoms with E-state index in [1.165, 1.54) is 18.6 Å². The number of halogens is 3. The van der Waals surface area contributed by atoms with Crippen molar-refractivity contribution in [3.05, 3.63) is 70.2 Å². The summed E-state index contributed by atoms with van der Waals surface area (Å²) in [4.78, 5) is 0. The van der Waals surface area contributed by atoms with Gasteiger partial charge in [-0.1, -0.05) is 34.8 Å². The molecule has 0 saturated heterocycles. The molecule has 0 saturated carbocycles. The highest BCUT2D eigenvalue weighted by Crippen LogP contribution is 2.21. The van der Waals surface area contributed by atoms with Crippen molar-refractivity contribution in [2.75, 3.05) is 0 Å². The molecular formula is C13H11BCl3N8-. The molecule has 0 amide bonds. The number of aromatic nitrogens is 8. The highest BCUT2D eigenvalue weighted by molar-refractivity contribution is 6.72. The molecule has 0 aromatic carbocycles. The van der Waals surface area contributed by atoms with Gasteiger partial charge in [0.2, 0.25) is 0 Å². The van der Waals surface area contributed by atoms with Crippen LogP contribution in [0.15, 0.2) is 49.6 Å². The van der Waals surface area contributed by atoms with Gasteiger partial charge in [-0.25, -0.2) is 20.4 Å². The van der Waals surface area contributed by atoms with E-state index in [1.54, 1.807) is 43.2 Å². The summed E-state index contributed by atoms with van der Waals surface area (Å²) < 4.78 is 6.63. The number of aryl methyl sites for hydroxylation is 1. The van der Waals surface area contributed by atoms with Crippen LogP contribution in [-0.4, -0.2) is 45.5 Å². The zero-order valence-electron chi connectivity index (χ0n) is 12.9. The first-order chi connectivity index (χ1) is 12.0. The Morgan fingerprint density at radius 1 is 0.640 bits per heavy atom. The first-order valence-corrected chi connectivity index (χ1v) is 8.41. The molecule has 4 aromatic rings. The van der Waals surface area contributed by atoms with Crippen LogP contribution < -0.4 is 0 Å². The summed E-state index contributed by atoms with van der Waals surface area (Å²) in [5, 5.41) is 19.0. The number of nitrogens with zero attached hydrogens (tertiary/aromatic N) is 8. The molecule has 0 atom stereocenters. The topological polar surface area (TPSA) is 71.3 Å². The molecule has 0 aliphatic heterocycles. The van der Waals surface area contributed by atoms with Crippen molar-refractivity contribution in [3.8, 4) is 0 Å². The van der Waals surface area contributed by atoms with E-state index in [4.69, 9.17) is 34.8 Å². The van der Waals surface area contributed by atoms with Crippen LogP contribution in [0.25, 0.3) is 0 Å². The number of hydrogen-bond acceptors (Lipinski definition) is 4. The quantitative estimate of drug-likeness (QED) is 0.497. The lowest BCUT2D eigenvalue weighted by Crippen LogP contribution is -2.65. The van der Waals surface area contributed by atoms with E-state index >= 15 is 0 Å². The van der Waals surface area contributed by atoms with Crippen LogP contribution in [0.5, 0.6) is 0 Å². The highest BCUT2D eigenvalue weighted by atomic mass is 35.5. The predicted octanol–water partition coefficient (Wildman–Crippen LogP) is 2.67. The second kappa shape index (κ2) is 5.94. The van der Waals surface area contributed by atoms with Crippen molar-refractivity contribution in [1.29, 1.82) is 0 Å². The third-order valence-electron chi connectivity index (χ3n) is 3.86. The molecule has 0 aliphatic carbocycles. The highest BCUT2D eigenvalue weighted by Gasteiger charge is 2.39. The smallest absolute Gasteiger partial charge is 0.379 e. The first-order valence-electron chi connectivity index (χ1n) is 7.27. The lowest BCUT2D eigenvalue weighted by Gasteiger charge is -2.41. The largest absolute Gasteiger partial charge is 0.466 e. The standard InChI is InChI=1S/C13H11BCl3N8/c1-10-2-18-22(6-10)14(23-7-11(15)3-19-23,24-8-12(16)4-20-24)25-9-13(17)5-21-25/h2-9H,1H3/q-1. The Labute approximate surface area is 157 Å². The number of rotatable bonds is 4. The van der Waals surface area contributed by atoms with E-state index in [0.717, 1.165) is 5.56 Å². The fourth-order valence-corrected chi connectivity index (χ4v) is 3.29. The molecule has 0 unspecified atom stereocenters. The van der Waals surface area contributed by atoms with Crippen molar-refractivity contribution >= 4 is 41.5 Å². The molecule has 0 bridgehead atoms. The summed E-state index contributed by atoms with van der Waals surface area (Å²) in [5.74, 6) is 0. The molecule has 0 aliphatic rings. The molecule has 12 heteroatoms. The van der Waals surface area contributed by atoms with Crippen LogP contribution in [0.2, 0.25) is 15.1 Å². The van der Waals surface area contributed by atoms with Crippen LogP contribution in [-0.2, 0) is 0 Å². The van der Waals surface area contributed by atoms with Gasteiger partial charge >= 0.3 is 6.69 Å². The van der Waals surface area contributed by atoms with E-state index in [9.17, 15) is 0 Å². The van der Waals surface area contributed by atoms with Crippen molar-refractivity contribution in [2.45, 2.75) is 6.92 Å². The van der Waals surface area contributed by atoms with E-state index < -0.39 is 6.69 Å². The monoisotopic (exact) mass is 395 g/mol. The Balaban J connectivity index is 2.11. The van der Waals surface area contributed by atoms with E-state index in [2.05, 4.69) is 20.4 Å². The second-order valence-electron chi connectivity index (χ2n) is 5.61. The summed E-state index contributed by atoms with van der Waals surface area (Å²) in [6.07, 6.45) is 13.2. The summed E-state index contributed by atoms with van der Waals surface area (Å²) in [6, 6.07) is 0. The van der Waals surface area contributed by atoms with Crippen molar-refractivity contribution in [3.63, 3.8) is 0 Å². The first kappa shape index (κ1) is 16.3. The molecule has 25 heavy (non-hydrogen) atoms. The van der Waals surface area contributed by atoms with Crippen LogP contribution in [0.3, 0.4) is 0 Å². The summed E-state index contributed by atoms with van der Waals surface area (Å²) in [6.45, 7) is -0.226. The number of hydrogen-bond donors (Lipinski definition) is 0. The predicted molar refractivity (Wildman–Crippen MR) is 96.0 cm³/mol. The average Bonchev–Trinajstić information content (AvgIpc) is 3.33. The Morgan fingerprint density at radius 2 is 1.00 bits per heavy atom. The van der Waals surface area contributed by atoms with Gasteiger partial charge in [0.25, 0.3) is 0 Å². The maximum absolute atomic E-state index is 6.13. The van der Waals surface area contributed by atoms with Gasteiger partial charge in [0.1, 0.15) is 0 Å². The third-order valence-corrected chi connectivity index (χ3v) is 4.45. The molecular weight excluding hydrogens is 385 g/mol. The fourth-order valence-electron chi connectivity index (χ4n) is 2.86. The maximum Gasteiger partial charge on any atom is 0.466 e. The second-order valence-corrected chi connectivity index (χ2v) is 6.92. The van der Waals surface area contributed by atoms with Crippen LogP contribution in [0.4, 0.5) is 0 Å². The van der Waals surface area contributed by atoms with Gasteiger partial charge in [0.15, 0.2) is 0 Å². The Morgan fingerprint density at radius 3 is 1.28 bits per heavy atom. The van der Waals surface area contributed by atoms with Crippen LogP contribution in [0, 0.1) is 6.92 Å². The average molecular weight is 396 g/mol. The third kappa shape index (κ3) is 2.55. The summed E-state index contributed by atoms with van der Waals surface area (Å²) in [7, 11) is 0. The van der Waals surface area contributed by atoms with Crippen molar-refractivity contribution in [1.82, 2.24) is 38.8 Å². The molecule has 0 fully saturated rings. The lowest BCUT2D eigenvalue weighted by molar-refractivity contribution is 0.655. The van der Waals surface area contributed by atoms with E-state index in [1.807, 2.05) is 13.1 Å². The zero-order chi connectivity index (χ0) is 17.6. The summed E-state index contributed by atoms with van der Waals surface area (Å²) in [5.41, 5.74) is 0.959. The minimum Gasteiger partial charge on any atom is -0.379 e. The Kier molecular flexibility index (Phi) is 3.86. The summed E-state index contributed by atoms with van der Waals surface area (Å²) >= 11 is 18.4. The van der Waals surface area contributed by atoms with Crippen LogP contribution in [0.1, 0.15) is 5.56 Å². The minimum absolute atomic E-state index is 0.464. The van der Waals surface area contributed by atoms with E-state index in [-0.39, 0.29) is 0 Å². The SMILES string of the molecule is Cc1cnn([B-](n2cc(Cl)cn2)(n2cc(Cl)cn2)n2cc(Cl)cn2)c1. The Hall–Kier alpha value is -2.23. The lowest BCUT2D eigenvalue weighted by atomic mass is 9.75. The Bertz CT molecular complexity index is 865. The van der Waals surface area contributed by atoms with Gasteiger partial charge in [-0.05, 0) is 18.7 Å². The van der Waals surface area contributed by atoms with Crippen molar-refractivity contribution < 1.29 is 0 Å². The molecule has 0 N–H and O–H groups in total. The normalized spacial score (nSPS) is 12.0. The zero-order valence-corrected chi connectivity index (χ0v) is 15.2. The van der Waals surface area contributed by atoms with E-state index in [0.29, 0.717) is 15.1 Å². The molecule has 8 nitrogen and oxygen atoms in total. The fraction of sp³-hybridized carbons (Fsp3) is 0.0769. The molecule has 0 radical (unpaired) electrons. The van der Waals surface area contributed by atoms with Crippen LogP contribution >= 0.6 is 34.8 Å². The molecule has 4 heterocycles. The molecule has 4 aromatic heterocycles. The van der Waals surface area contributed by atoms with Gasteiger partial charge in [0.05, 0.1) is 33.7 Å². The van der Waals surface area contributed by atoms with Gasteiger partial charge in [-0.15, -0.1) is 0 Å². The maximum atomic E-state index is 6.13. The van der Waals surface area contributed by atoms with Gasteiger partial charge in [0, 0.05) is 24.8 Å². The van der Waals surface area contributed by atoms with Crippen molar-refractivity contribution in [2.24, 2.45) is 0 Å². The molecule has 128 valence electrons.